The Hall–Kier alpha value is -1.65. The van der Waals surface area contributed by atoms with Crippen molar-refractivity contribution >= 4 is 18.0 Å². The first-order valence-electron chi connectivity index (χ1n) is 6.34. The van der Waals surface area contributed by atoms with Gasteiger partial charge in [-0.3, -0.25) is 9.59 Å². The Morgan fingerprint density at radius 3 is 2.58 bits per heavy atom. The molecule has 19 heavy (non-hydrogen) atoms. The molecule has 0 aliphatic heterocycles. The zero-order valence-electron chi connectivity index (χ0n) is 12.1. The summed E-state index contributed by atoms with van der Waals surface area (Å²) in [5.74, 6) is -1.71. The number of methoxy groups -OCH3 is 1. The summed E-state index contributed by atoms with van der Waals surface area (Å²) >= 11 is 0. The average Bonchev–Trinajstić information content (AvgIpc) is 2.26. The van der Waals surface area contributed by atoms with Gasteiger partial charge in [0, 0.05) is 6.42 Å². The van der Waals surface area contributed by atoms with Crippen LogP contribution in [0.5, 0.6) is 0 Å². The fourth-order valence-corrected chi connectivity index (χ4v) is 2.23. The number of ketones is 1. The van der Waals surface area contributed by atoms with E-state index in [4.69, 9.17) is 4.74 Å². The van der Waals surface area contributed by atoms with Gasteiger partial charge >= 0.3 is 5.97 Å². The lowest BCUT2D eigenvalue weighted by Gasteiger charge is -2.35. The van der Waals surface area contributed by atoms with E-state index in [2.05, 4.69) is 4.99 Å². The molecule has 0 unspecified atom stereocenters. The van der Waals surface area contributed by atoms with Gasteiger partial charge in [0.25, 0.3) is 0 Å². The van der Waals surface area contributed by atoms with E-state index in [0.717, 1.165) is 0 Å². The quantitative estimate of drug-likeness (QED) is 0.564. The number of hydrogen-bond donors (Lipinski definition) is 2. The van der Waals surface area contributed by atoms with Gasteiger partial charge in [-0.2, -0.15) is 0 Å². The standard InChI is InChI=1S/C14H21NO4/c1-8(2)15-7-9-10(16)6-14(3,4)11(12(9)17)13(18)19-5/h7-8,11,17H,6H2,1-5H3/p+1/t11-/m0/s1. The molecule has 1 aliphatic carbocycles. The van der Waals surface area contributed by atoms with Crippen LogP contribution < -0.4 is 4.99 Å². The summed E-state index contributed by atoms with van der Waals surface area (Å²) in [5, 5.41) is 10.2. The maximum absolute atomic E-state index is 12.0. The number of esters is 1. The number of Topliss-reactive ketones (excluding diaryl/α,β-unsaturated/α-hetero) is 1. The number of aliphatic hydroxyl groups excluding tert-OH is 1. The van der Waals surface area contributed by atoms with Crippen LogP contribution in [0, 0.1) is 11.3 Å². The van der Waals surface area contributed by atoms with Gasteiger partial charge in [0.05, 0.1) is 7.11 Å². The van der Waals surface area contributed by atoms with Crippen molar-refractivity contribution in [2.24, 2.45) is 11.3 Å². The van der Waals surface area contributed by atoms with Gasteiger partial charge in [0.15, 0.2) is 12.0 Å². The molecule has 0 aromatic carbocycles. The summed E-state index contributed by atoms with van der Waals surface area (Å²) in [6.45, 7) is 7.39. The molecule has 0 radical (unpaired) electrons. The highest BCUT2D eigenvalue weighted by atomic mass is 16.5. The largest absolute Gasteiger partial charge is 0.510 e. The van der Waals surface area contributed by atoms with Gasteiger partial charge in [0.1, 0.15) is 23.3 Å². The molecule has 0 fully saturated rings. The number of allylic oxidation sites excluding steroid dienone is 1. The van der Waals surface area contributed by atoms with Crippen molar-refractivity contribution in [3.8, 4) is 0 Å². The van der Waals surface area contributed by atoms with Crippen molar-refractivity contribution in [1.82, 2.24) is 0 Å². The lowest BCUT2D eigenvalue weighted by Crippen LogP contribution is -2.74. The summed E-state index contributed by atoms with van der Waals surface area (Å²) in [6, 6.07) is 0.139. The van der Waals surface area contributed by atoms with Gasteiger partial charge in [-0.25, -0.2) is 4.99 Å². The third kappa shape index (κ3) is 3.22. The van der Waals surface area contributed by atoms with Crippen LogP contribution in [0.25, 0.3) is 0 Å². The molecule has 1 aliphatic rings. The van der Waals surface area contributed by atoms with E-state index in [0.29, 0.717) is 0 Å². The number of rotatable bonds is 3. The predicted octanol–water partition coefficient (Wildman–Crippen LogP) is 0.146. The number of ether oxygens (including phenoxy) is 1. The van der Waals surface area contributed by atoms with Crippen LogP contribution >= 0.6 is 0 Å². The number of nitrogens with one attached hydrogen (secondary N) is 1. The van der Waals surface area contributed by atoms with Gasteiger partial charge < -0.3 is 9.84 Å². The van der Waals surface area contributed by atoms with Crippen LogP contribution in [0.1, 0.15) is 34.1 Å². The Morgan fingerprint density at radius 2 is 2.11 bits per heavy atom. The molecular weight excluding hydrogens is 246 g/mol. The normalized spacial score (nSPS) is 23.3. The van der Waals surface area contributed by atoms with Crippen molar-refractivity contribution in [3.05, 3.63) is 11.3 Å². The smallest absolute Gasteiger partial charge is 0.316 e. The Labute approximate surface area is 113 Å². The molecule has 5 heteroatoms. The molecule has 0 heterocycles. The molecule has 1 rings (SSSR count). The lowest BCUT2D eigenvalue weighted by molar-refractivity contribution is -0.487. The summed E-state index contributed by atoms with van der Waals surface area (Å²) < 4.78 is 4.73. The van der Waals surface area contributed by atoms with Crippen molar-refractivity contribution < 1.29 is 24.4 Å². The van der Waals surface area contributed by atoms with Crippen LogP contribution in [0.15, 0.2) is 11.3 Å². The molecule has 0 aromatic heterocycles. The zero-order valence-corrected chi connectivity index (χ0v) is 12.1. The molecule has 0 saturated heterocycles. The monoisotopic (exact) mass is 268 g/mol. The molecule has 0 saturated carbocycles. The number of carbonyl (C=O) groups is 2. The third-order valence-corrected chi connectivity index (χ3v) is 3.25. The van der Waals surface area contributed by atoms with E-state index >= 15 is 0 Å². The van der Waals surface area contributed by atoms with E-state index in [1.54, 1.807) is 13.8 Å². The second kappa shape index (κ2) is 5.55. The minimum atomic E-state index is -0.810. The first kappa shape index (κ1) is 15.4. The second-order valence-corrected chi connectivity index (χ2v) is 5.81. The molecule has 2 N–H and O–H groups in total. The van der Waals surface area contributed by atoms with E-state index in [1.165, 1.54) is 13.3 Å². The van der Waals surface area contributed by atoms with Crippen molar-refractivity contribution in [1.29, 1.82) is 0 Å². The Morgan fingerprint density at radius 1 is 1.53 bits per heavy atom. The molecule has 0 aromatic rings. The Bertz CT molecular complexity index is 446. The zero-order chi connectivity index (χ0) is 14.8. The minimum Gasteiger partial charge on any atom is -0.510 e. The fraction of sp³-hybridized carbons (Fsp3) is 0.643. The molecule has 0 bridgehead atoms. The highest BCUT2D eigenvalue weighted by molar-refractivity contribution is 6.14. The van der Waals surface area contributed by atoms with Crippen molar-refractivity contribution in [3.63, 3.8) is 0 Å². The number of carbonyl (C=O) groups excluding carboxylic acids is 2. The minimum absolute atomic E-state index is 0.139. The number of aliphatic hydroxyl groups is 1. The summed E-state index contributed by atoms with van der Waals surface area (Å²) in [7, 11) is 1.28. The van der Waals surface area contributed by atoms with Crippen molar-refractivity contribution in [2.45, 2.75) is 40.2 Å². The van der Waals surface area contributed by atoms with Crippen LogP contribution in [0.3, 0.4) is 0 Å². The average molecular weight is 268 g/mol. The Balaban J connectivity index is 3.27. The van der Waals surface area contributed by atoms with Gasteiger partial charge in [-0.05, 0) is 19.3 Å². The van der Waals surface area contributed by atoms with Crippen molar-refractivity contribution in [2.75, 3.05) is 7.11 Å². The van der Waals surface area contributed by atoms with Crippen LogP contribution in [-0.4, -0.2) is 36.2 Å². The SMILES string of the molecule is COC(=O)[C@@H]1C(O)=C(C=[NH+]C(C)C)C(=O)CC1(C)C. The van der Waals surface area contributed by atoms with Gasteiger partial charge in [-0.1, -0.05) is 13.8 Å². The molecule has 5 nitrogen and oxygen atoms in total. The maximum Gasteiger partial charge on any atom is 0.316 e. The third-order valence-electron chi connectivity index (χ3n) is 3.25. The summed E-state index contributed by atoms with van der Waals surface area (Å²) in [5.41, 5.74) is -0.480. The van der Waals surface area contributed by atoms with Gasteiger partial charge in [0.2, 0.25) is 0 Å². The van der Waals surface area contributed by atoms with E-state index in [9.17, 15) is 14.7 Å². The van der Waals surface area contributed by atoms with E-state index < -0.39 is 17.3 Å². The van der Waals surface area contributed by atoms with Crippen LogP contribution in [-0.2, 0) is 14.3 Å². The molecule has 106 valence electrons. The molecule has 0 amide bonds. The highest BCUT2D eigenvalue weighted by Gasteiger charge is 2.47. The summed E-state index contributed by atoms with van der Waals surface area (Å²) in [6.07, 6.45) is 1.68. The maximum atomic E-state index is 12.0. The van der Waals surface area contributed by atoms with Crippen LogP contribution in [0.2, 0.25) is 0 Å². The second-order valence-electron chi connectivity index (χ2n) is 5.81. The van der Waals surface area contributed by atoms with E-state index in [-0.39, 0.29) is 29.6 Å². The lowest BCUT2D eigenvalue weighted by atomic mass is 9.68. The molecular formula is C14H22NO4+. The van der Waals surface area contributed by atoms with Gasteiger partial charge in [-0.15, -0.1) is 0 Å². The van der Waals surface area contributed by atoms with Crippen LogP contribution in [0.4, 0.5) is 0 Å². The summed E-state index contributed by atoms with van der Waals surface area (Å²) in [4.78, 5) is 26.8. The topological polar surface area (TPSA) is 77.6 Å². The fourth-order valence-electron chi connectivity index (χ4n) is 2.23. The predicted molar refractivity (Wildman–Crippen MR) is 70.7 cm³/mol. The number of hydrogen-bond acceptors (Lipinski definition) is 4. The highest BCUT2D eigenvalue weighted by Crippen LogP contribution is 2.41. The molecule has 1 atom stereocenters. The Kier molecular flexibility index (Phi) is 4.50. The first-order chi connectivity index (χ1) is 8.70. The first-order valence-corrected chi connectivity index (χ1v) is 6.34. The molecule has 0 spiro atoms. The van der Waals surface area contributed by atoms with E-state index in [1.807, 2.05) is 13.8 Å².